The van der Waals surface area contributed by atoms with Crippen molar-refractivity contribution in [2.75, 3.05) is 0 Å². The second kappa shape index (κ2) is 3.74. The number of hydrogen-bond donors (Lipinski definition) is 2. The Bertz CT molecular complexity index is 83.7. The Morgan fingerprint density at radius 2 is 2.29 bits per heavy atom. The van der Waals surface area contributed by atoms with Crippen LogP contribution in [0.5, 0.6) is 0 Å². The van der Waals surface area contributed by atoms with Crippen molar-refractivity contribution in [3.63, 3.8) is 0 Å². The minimum absolute atomic E-state index is 1.10. The van der Waals surface area contributed by atoms with Crippen LogP contribution in [0.1, 0.15) is 13.8 Å². The number of thiocarbonyl (C=S) groups is 1. The summed E-state index contributed by atoms with van der Waals surface area (Å²) in [5.74, 6) is 0. The molecule has 7 heavy (non-hydrogen) atoms. The van der Waals surface area contributed by atoms with Crippen LogP contribution in [0.3, 0.4) is 0 Å². The van der Waals surface area contributed by atoms with Gasteiger partial charge in [-0.15, -0.1) is 5.10 Å². The monoisotopic (exact) mass is 117 g/mol. The van der Waals surface area contributed by atoms with E-state index >= 15 is 0 Å². The van der Waals surface area contributed by atoms with Crippen LogP contribution in [0.4, 0.5) is 0 Å². The Labute approximate surface area is 48.6 Å². The van der Waals surface area contributed by atoms with E-state index in [2.05, 4.69) is 22.7 Å². The predicted octanol–water partition coefficient (Wildman–Crippen LogP) is -0.990. The third kappa shape index (κ3) is 5.56. The lowest BCUT2D eigenvalue weighted by atomic mass is 10.5. The van der Waals surface area contributed by atoms with Crippen molar-refractivity contribution in [2.24, 2.45) is 0 Å². The van der Waals surface area contributed by atoms with Gasteiger partial charge in [-0.1, -0.05) is 12.2 Å². The highest BCUT2D eigenvalue weighted by Crippen LogP contribution is 1.45. The smallest absolute Gasteiger partial charge is 0.165 e. The predicted molar refractivity (Wildman–Crippen MR) is 34.1 cm³/mol. The van der Waals surface area contributed by atoms with Crippen molar-refractivity contribution in [1.82, 2.24) is 5.43 Å². The average molecular weight is 117 g/mol. The molecule has 0 aromatic heterocycles. The van der Waals surface area contributed by atoms with Gasteiger partial charge in [0, 0.05) is 13.8 Å². The van der Waals surface area contributed by atoms with E-state index in [0.29, 0.717) is 0 Å². The van der Waals surface area contributed by atoms with Gasteiger partial charge in [0.05, 0.1) is 0 Å². The molecule has 0 bridgehead atoms. The van der Waals surface area contributed by atoms with Gasteiger partial charge in [-0.25, -0.2) is 0 Å². The summed E-state index contributed by atoms with van der Waals surface area (Å²) in [7, 11) is 0. The van der Waals surface area contributed by atoms with Gasteiger partial charge in [0.2, 0.25) is 0 Å². The largest absolute Gasteiger partial charge is 0.174 e. The minimum atomic E-state index is 1.10. The second-order valence-electron chi connectivity index (χ2n) is 1.39. The molecule has 0 amide bonds. The standard InChI is InChI=1S/C4H8N2S/c1-4(2)6-5-3-7/h3H,1-2H3,(H,5,7)/p+1. The molecule has 0 aliphatic heterocycles. The van der Waals surface area contributed by atoms with E-state index in [1.807, 2.05) is 13.8 Å². The molecule has 0 fully saturated rings. The molecule has 0 aromatic carbocycles. The average Bonchev–Trinajstić information content (AvgIpc) is 1.61. The van der Waals surface area contributed by atoms with Gasteiger partial charge >= 0.3 is 0 Å². The third-order valence-electron chi connectivity index (χ3n) is 0.381. The fourth-order valence-electron chi connectivity index (χ4n) is 0.174. The normalized spacial score (nSPS) is 7.14. The summed E-state index contributed by atoms with van der Waals surface area (Å²) < 4.78 is 0. The lowest BCUT2D eigenvalue weighted by Gasteiger charge is -1.77. The molecule has 0 aromatic rings. The minimum Gasteiger partial charge on any atom is -0.165 e. The van der Waals surface area contributed by atoms with E-state index in [9.17, 15) is 0 Å². The molecule has 0 saturated carbocycles. The van der Waals surface area contributed by atoms with Crippen LogP contribution < -0.4 is 10.5 Å². The van der Waals surface area contributed by atoms with Crippen LogP contribution in [-0.2, 0) is 0 Å². The van der Waals surface area contributed by atoms with Crippen molar-refractivity contribution in [1.29, 1.82) is 0 Å². The number of nitrogens with one attached hydrogen (secondary N) is 2. The first-order valence-electron chi connectivity index (χ1n) is 2.02. The van der Waals surface area contributed by atoms with E-state index in [1.54, 1.807) is 0 Å². The first kappa shape index (κ1) is 6.56. The van der Waals surface area contributed by atoms with Crippen molar-refractivity contribution < 1.29 is 5.10 Å². The summed E-state index contributed by atoms with van der Waals surface area (Å²) in [5, 5.41) is 2.80. The van der Waals surface area contributed by atoms with E-state index in [4.69, 9.17) is 0 Å². The Kier molecular flexibility index (Phi) is 3.50. The van der Waals surface area contributed by atoms with E-state index in [1.165, 1.54) is 5.49 Å². The quantitative estimate of drug-likeness (QED) is 0.276. The van der Waals surface area contributed by atoms with Gasteiger partial charge in [0.25, 0.3) is 0 Å². The summed E-state index contributed by atoms with van der Waals surface area (Å²) >= 11 is 4.46. The van der Waals surface area contributed by atoms with E-state index < -0.39 is 0 Å². The lowest BCUT2D eigenvalue weighted by Crippen LogP contribution is -2.81. The highest BCUT2D eigenvalue weighted by Gasteiger charge is 1.78. The summed E-state index contributed by atoms with van der Waals surface area (Å²) in [6.45, 7) is 3.90. The molecule has 2 N–H and O–H groups in total. The molecular weight excluding hydrogens is 108 g/mol. The fourth-order valence-corrected chi connectivity index (χ4v) is 0.233. The van der Waals surface area contributed by atoms with Crippen molar-refractivity contribution >= 4 is 23.4 Å². The summed E-state index contributed by atoms with van der Waals surface area (Å²) in [6, 6.07) is 0. The SMILES string of the molecule is CC(C)=[NH+]NC=S. The summed E-state index contributed by atoms with van der Waals surface area (Å²) in [6.07, 6.45) is 0. The topological polar surface area (TPSA) is 26.0 Å². The number of hydrazine groups is 1. The molecule has 0 rings (SSSR count). The Hall–Kier alpha value is -0.440. The maximum absolute atomic E-state index is 4.46. The molecule has 0 spiro atoms. The van der Waals surface area contributed by atoms with Gasteiger partial charge in [-0.2, -0.15) is 5.43 Å². The fraction of sp³-hybridized carbons (Fsp3) is 0.500. The van der Waals surface area contributed by atoms with E-state index in [0.717, 1.165) is 5.71 Å². The summed E-state index contributed by atoms with van der Waals surface area (Å²) in [5.41, 5.74) is 5.17. The van der Waals surface area contributed by atoms with Gasteiger partial charge in [0.1, 0.15) is 5.49 Å². The Morgan fingerprint density at radius 3 is 2.43 bits per heavy atom. The molecule has 0 aliphatic carbocycles. The summed E-state index contributed by atoms with van der Waals surface area (Å²) in [4.78, 5) is 0. The molecule has 40 valence electrons. The number of hydrogen-bond acceptors (Lipinski definition) is 1. The highest BCUT2D eigenvalue weighted by atomic mass is 32.1. The maximum Gasteiger partial charge on any atom is 0.174 e. The highest BCUT2D eigenvalue weighted by molar-refractivity contribution is 7.78. The molecule has 2 nitrogen and oxygen atoms in total. The zero-order chi connectivity index (χ0) is 5.70. The van der Waals surface area contributed by atoms with Crippen molar-refractivity contribution in [3.8, 4) is 0 Å². The van der Waals surface area contributed by atoms with E-state index in [-0.39, 0.29) is 0 Å². The number of rotatable bonds is 2. The van der Waals surface area contributed by atoms with Crippen molar-refractivity contribution in [2.45, 2.75) is 13.8 Å². The first-order chi connectivity index (χ1) is 3.27. The van der Waals surface area contributed by atoms with Crippen LogP contribution in [-0.4, -0.2) is 11.2 Å². The lowest BCUT2D eigenvalue weighted by molar-refractivity contribution is -0.504. The first-order valence-corrected chi connectivity index (χ1v) is 2.50. The molecule has 0 atom stereocenters. The Morgan fingerprint density at radius 1 is 1.71 bits per heavy atom. The molecule has 0 radical (unpaired) electrons. The third-order valence-corrected chi connectivity index (χ3v) is 0.499. The second-order valence-corrected chi connectivity index (χ2v) is 1.62. The molecular formula is C4H9N2S+. The van der Waals surface area contributed by atoms with Gasteiger partial charge in [-0.05, 0) is 0 Å². The zero-order valence-electron chi connectivity index (χ0n) is 4.49. The maximum atomic E-state index is 4.46. The van der Waals surface area contributed by atoms with Crippen LogP contribution >= 0.6 is 12.2 Å². The van der Waals surface area contributed by atoms with Crippen LogP contribution in [0, 0.1) is 0 Å². The molecule has 0 aliphatic rings. The van der Waals surface area contributed by atoms with Gasteiger partial charge in [-0.3, -0.25) is 0 Å². The number of hydrazone groups is 1. The molecule has 3 heteroatoms. The van der Waals surface area contributed by atoms with Gasteiger partial charge < -0.3 is 0 Å². The molecule has 0 unspecified atom stereocenters. The zero-order valence-corrected chi connectivity index (χ0v) is 5.30. The Balaban J connectivity index is 3.25. The van der Waals surface area contributed by atoms with Crippen LogP contribution in [0.15, 0.2) is 0 Å². The molecule has 0 heterocycles. The van der Waals surface area contributed by atoms with Crippen LogP contribution in [0.2, 0.25) is 0 Å². The van der Waals surface area contributed by atoms with Gasteiger partial charge in [0.15, 0.2) is 5.71 Å². The van der Waals surface area contributed by atoms with Crippen molar-refractivity contribution in [3.05, 3.63) is 0 Å². The molecule has 0 saturated heterocycles. The van der Waals surface area contributed by atoms with Crippen LogP contribution in [0.25, 0.3) is 0 Å².